The Morgan fingerprint density at radius 2 is 1.79 bits per heavy atom. The molecule has 1 fully saturated rings. The molecular formula is C33H31N5O3S2. The molecule has 1 aliphatic carbocycles. The molecule has 0 saturated heterocycles. The predicted octanol–water partition coefficient (Wildman–Crippen LogP) is 6.48. The third-order valence-corrected chi connectivity index (χ3v) is 10.7. The molecule has 0 atom stereocenters. The number of nitriles is 1. The van der Waals surface area contributed by atoms with Crippen LogP contribution in [0, 0.1) is 11.3 Å². The molecule has 2 heterocycles. The maximum atomic E-state index is 14.1. The van der Waals surface area contributed by atoms with Gasteiger partial charge in [0.2, 0.25) is 0 Å². The van der Waals surface area contributed by atoms with Gasteiger partial charge in [-0.1, -0.05) is 49.6 Å². The molecule has 1 saturated carbocycles. The van der Waals surface area contributed by atoms with E-state index in [0.717, 1.165) is 41.3 Å². The van der Waals surface area contributed by atoms with E-state index < -0.39 is 10.0 Å². The second kappa shape index (κ2) is 12.4. The van der Waals surface area contributed by atoms with Crippen molar-refractivity contribution in [3.05, 3.63) is 113 Å². The zero-order valence-corrected chi connectivity index (χ0v) is 25.2. The zero-order chi connectivity index (χ0) is 29.8. The molecule has 2 aromatic heterocycles. The van der Waals surface area contributed by atoms with Crippen LogP contribution in [0.5, 0.6) is 0 Å². The lowest BCUT2D eigenvalue weighted by molar-refractivity contribution is 0.0932. The number of anilines is 1. The Kier molecular flexibility index (Phi) is 8.27. The Morgan fingerprint density at radius 3 is 2.53 bits per heavy atom. The van der Waals surface area contributed by atoms with Crippen molar-refractivity contribution in [3.63, 3.8) is 0 Å². The van der Waals surface area contributed by atoms with Crippen LogP contribution in [0.4, 0.5) is 5.69 Å². The van der Waals surface area contributed by atoms with E-state index in [0.29, 0.717) is 28.4 Å². The summed E-state index contributed by atoms with van der Waals surface area (Å²) < 4.78 is 32.4. The summed E-state index contributed by atoms with van der Waals surface area (Å²) in [6, 6.07) is 25.4. The first-order chi connectivity index (χ1) is 20.9. The van der Waals surface area contributed by atoms with Gasteiger partial charge < -0.3 is 9.88 Å². The van der Waals surface area contributed by atoms with E-state index in [2.05, 4.69) is 16.4 Å². The van der Waals surface area contributed by atoms with Crippen LogP contribution in [0.3, 0.4) is 0 Å². The van der Waals surface area contributed by atoms with Gasteiger partial charge in [-0.3, -0.25) is 9.10 Å². The molecule has 6 rings (SSSR count). The molecule has 3 aromatic carbocycles. The number of thiophene rings is 1. The summed E-state index contributed by atoms with van der Waals surface area (Å²) in [5, 5.41) is 13.1. The summed E-state index contributed by atoms with van der Waals surface area (Å²) in [4.78, 5) is 18.2. The van der Waals surface area contributed by atoms with Crippen molar-refractivity contribution in [2.24, 2.45) is 0 Å². The molecule has 43 heavy (non-hydrogen) atoms. The zero-order valence-electron chi connectivity index (χ0n) is 23.5. The number of aromatic nitrogens is 2. The summed E-state index contributed by atoms with van der Waals surface area (Å²) in [5.74, 6) is -0.0740. The van der Waals surface area contributed by atoms with Crippen LogP contribution in [0.25, 0.3) is 10.1 Å². The average Bonchev–Trinajstić information content (AvgIpc) is 3.67. The van der Waals surface area contributed by atoms with Crippen LogP contribution in [0.2, 0.25) is 0 Å². The van der Waals surface area contributed by atoms with E-state index >= 15 is 0 Å². The third-order valence-electron chi connectivity index (χ3n) is 7.82. The highest BCUT2D eigenvalue weighted by Gasteiger charge is 2.27. The van der Waals surface area contributed by atoms with Gasteiger partial charge in [-0.25, -0.2) is 13.4 Å². The normalized spacial score (nSPS) is 13.9. The number of imidazole rings is 1. The van der Waals surface area contributed by atoms with Crippen molar-refractivity contribution in [2.75, 3.05) is 4.31 Å². The molecule has 8 nitrogen and oxygen atoms in total. The first-order valence-corrected chi connectivity index (χ1v) is 16.6. The molecule has 1 aliphatic rings. The van der Waals surface area contributed by atoms with Gasteiger partial charge in [0, 0.05) is 23.5 Å². The van der Waals surface area contributed by atoms with E-state index in [1.807, 2.05) is 34.9 Å². The Morgan fingerprint density at radius 1 is 1.02 bits per heavy atom. The number of rotatable bonds is 9. The fraction of sp³-hybridized carbons (Fsp3) is 0.242. The minimum atomic E-state index is -3.95. The van der Waals surface area contributed by atoms with Gasteiger partial charge in [0.15, 0.2) is 0 Å². The molecule has 0 spiro atoms. The highest BCUT2D eigenvalue weighted by atomic mass is 32.2. The maximum absolute atomic E-state index is 14.1. The van der Waals surface area contributed by atoms with E-state index in [-0.39, 0.29) is 23.4 Å². The number of hydrogen-bond donors (Lipinski definition) is 1. The highest BCUT2D eigenvalue weighted by Crippen LogP contribution is 2.33. The van der Waals surface area contributed by atoms with Crippen LogP contribution in [0.1, 0.15) is 58.6 Å². The number of sulfonamides is 1. The third kappa shape index (κ3) is 6.33. The highest BCUT2D eigenvalue weighted by molar-refractivity contribution is 7.92. The lowest BCUT2D eigenvalue weighted by Crippen LogP contribution is -2.35. The summed E-state index contributed by atoms with van der Waals surface area (Å²) in [6.07, 6.45) is 8.87. The quantitative estimate of drug-likeness (QED) is 0.206. The standard InChI is InChI=1S/C33H31N5O3S2/c34-19-24-11-13-25(14-12-24)21-37-23-35-20-29(37)22-38(43(40,41)30-9-5-2-6-10-30)28-15-16-31-26(17-28)18-32(42-31)33(39)36-27-7-3-1-4-8-27/h2,5-6,9-18,20,23,27H,1,3-4,7-8,21-22H2,(H,36,39). The van der Waals surface area contributed by atoms with Gasteiger partial charge >= 0.3 is 0 Å². The smallest absolute Gasteiger partial charge is 0.264 e. The lowest BCUT2D eigenvalue weighted by atomic mass is 9.95. The fourth-order valence-electron chi connectivity index (χ4n) is 5.49. The molecule has 0 aliphatic heterocycles. The van der Waals surface area contributed by atoms with E-state index in [4.69, 9.17) is 5.26 Å². The van der Waals surface area contributed by atoms with Gasteiger partial charge in [0.05, 0.1) is 45.7 Å². The number of fused-ring (bicyclic) bond motifs is 1. The molecule has 1 amide bonds. The minimum Gasteiger partial charge on any atom is -0.349 e. The largest absolute Gasteiger partial charge is 0.349 e. The van der Waals surface area contributed by atoms with Crippen LogP contribution in [-0.2, 0) is 23.1 Å². The number of nitrogens with one attached hydrogen (secondary N) is 1. The first-order valence-electron chi connectivity index (χ1n) is 14.3. The Bertz CT molecular complexity index is 1880. The lowest BCUT2D eigenvalue weighted by Gasteiger charge is -2.25. The van der Waals surface area contributed by atoms with Gasteiger partial charge in [-0.15, -0.1) is 11.3 Å². The number of benzene rings is 3. The van der Waals surface area contributed by atoms with Crippen molar-refractivity contribution in [2.45, 2.75) is 56.1 Å². The average molecular weight is 610 g/mol. The Balaban J connectivity index is 1.32. The topological polar surface area (TPSA) is 108 Å². The van der Waals surface area contributed by atoms with Crippen molar-refractivity contribution in [1.82, 2.24) is 14.9 Å². The number of amides is 1. The minimum absolute atomic E-state index is 0.0537. The van der Waals surface area contributed by atoms with Gasteiger partial charge in [0.1, 0.15) is 0 Å². The maximum Gasteiger partial charge on any atom is 0.264 e. The van der Waals surface area contributed by atoms with Gasteiger partial charge in [0.25, 0.3) is 15.9 Å². The Hall–Kier alpha value is -4.46. The van der Waals surface area contributed by atoms with Crippen molar-refractivity contribution in [1.29, 1.82) is 5.26 Å². The summed E-state index contributed by atoms with van der Waals surface area (Å²) in [5.41, 5.74) is 2.75. The van der Waals surface area contributed by atoms with Crippen molar-refractivity contribution < 1.29 is 13.2 Å². The van der Waals surface area contributed by atoms with Crippen LogP contribution >= 0.6 is 11.3 Å². The van der Waals surface area contributed by atoms with E-state index in [1.165, 1.54) is 22.1 Å². The fourth-order valence-corrected chi connectivity index (χ4v) is 7.88. The van der Waals surface area contributed by atoms with Crippen LogP contribution in [0.15, 0.2) is 96.3 Å². The molecule has 5 aromatic rings. The van der Waals surface area contributed by atoms with Crippen molar-refractivity contribution >= 4 is 43.0 Å². The van der Waals surface area contributed by atoms with E-state index in [9.17, 15) is 13.2 Å². The number of hydrogen-bond acceptors (Lipinski definition) is 6. The van der Waals surface area contributed by atoms with E-state index in [1.54, 1.807) is 61.1 Å². The SMILES string of the molecule is N#Cc1ccc(Cn2cncc2CN(c2ccc3sc(C(=O)NC4CCCCC4)cc3c2)S(=O)(=O)c2ccccc2)cc1. The molecular weight excluding hydrogens is 579 g/mol. The van der Waals surface area contributed by atoms with Crippen molar-refractivity contribution in [3.8, 4) is 6.07 Å². The summed E-state index contributed by atoms with van der Waals surface area (Å²) in [7, 11) is -3.95. The number of carbonyl (C=O) groups is 1. The monoisotopic (exact) mass is 609 g/mol. The van der Waals surface area contributed by atoms with Crippen LogP contribution < -0.4 is 9.62 Å². The molecule has 10 heteroatoms. The van der Waals surface area contributed by atoms with Gasteiger partial charge in [-0.05, 0) is 72.3 Å². The molecule has 0 unspecified atom stereocenters. The second-order valence-corrected chi connectivity index (χ2v) is 13.7. The van der Waals surface area contributed by atoms with Crippen LogP contribution in [-0.4, -0.2) is 29.9 Å². The number of nitrogens with zero attached hydrogens (tertiary/aromatic N) is 4. The second-order valence-electron chi connectivity index (χ2n) is 10.8. The molecule has 1 N–H and O–H groups in total. The molecule has 218 valence electrons. The predicted molar refractivity (Wildman–Crippen MR) is 168 cm³/mol. The Labute approximate surface area is 255 Å². The summed E-state index contributed by atoms with van der Waals surface area (Å²) in [6.45, 7) is 0.529. The molecule has 0 bridgehead atoms. The first kappa shape index (κ1) is 28.6. The number of carbonyl (C=O) groups excluding carboxylic acids is 1. The van der Waals surface area contributed by atoms with Gasteiger partial charge in [-0.2, -0.15) is 5.26 Å². The summed E-state index contributed by atoms with van der Waals surface area (Å²) >= 11 is 1.42. The molecule has 0 radical (unpaired) electrons.